The Hall–Kier alpha value is -2.11. The zero-order valence-corrected chi connectivity index (χ0v) is 11.5. The van der Waals surface area contributed by atoms with Crippen molar-refractivity contribution in [3.8, 4) is 5.88 Å². The van der Waals surface area contributed by atoms with Gasteiger partial charge in [0.25, 0.3) is 0 Å². The van der Waals surface area contributed by atoms with E-state index in [1.807, 2.05) is 18.2 Å². The van der Waals surface area contributed by atoms with Crippen LogP contribution in [0, 0.1) is 0 Å². The van der Waals surface area contributed by atoms with Crippen molar-refractivity contribution in [2.75, 3.05) is 7.11 Å². The van der Waals surface area contributed by atoms with E-state index in [0.29, 0.717) is 22.4 Å². The maximum atomic E-state index is 6.17. The molecular formula is C14H12ClN3O2. The maximum Gasteiger partial charge on any atom is 0.216 e. The van der Waals surface area contributed by atoms with E-state index in [-0.39, 0.29) is 0 Å². The van der Waals surface area contributed by atoms with Crippen LogP contribution < -0.4 is 10.5 Å². The molecule has 0 saturated heterocycles. The predicted octanol–water partition coefficient (Wildman–Crippen LogP) is 2.93. The Morgan fingerprint density at radius 3 is 2.90 bits per heavy atom. The number of halogens is 1. The Morgan fingerprint density at radius 2 is 2.10 bits per heavy atom. The lowest BCUT2D eigenvalue weighted by molar-refractivity contribution is 0.395. The van der Waals surface area contributed by atoms with Crippen LogP contribution in [0.3, 0.4) is 0 Å². The third-order valence-electron chi connectivity index (χ3n) is 2.99. The van der Waals surface area contributed by atoms with Crippen molar-refractivity contribution in [3.05, 3.63) is 53.1 Å². The summed E-state index contributed by atoms with van der Waals surface area (Å²) in [4.78, 5) is 8.10. The minimum atomic E-state index is -0.488. The van der Waals surface area contributed by atoms with E-state index in [9.17, 15) is 0 Å². The van der Waals surface area contributed by atoms with Crippen molar-refractivity contribution >= 4 is 22.6 Å². The summed E-state index contributed by atoms with van der Waals surface area (Å²) in [5.41, 5.74) is 7.53. The zero-order chi connectivity index (χ0) is 14.1. The second kappa shape index (κ2) is 5.11. The number of nitrogens with two attached hydrogens (primary N) is 1. The van der Waals surface area contributed by atoms with Crippen LogP contribution in [0.15, 0.2) is 41.1 Å². The molecule has 2 heterocycles. The molecular weight excluding hydrogens is 278 g/mol. The van der Waals surface area contributed by atoms with Gasteiger partial charge in [0.1, 0.15) is 23.7 Å². The minimum absolute atomic E-state index is 0.463. The van der Waals surface area contributed by atoms with Gasteiger partial charge in [-0.1, -0.05) is 11.6 Å². The molecule has 0 aliphatic heterocycles. The van der Waals surface area contributed by atoms with Gasteiger partial charge in [0.05, 0.1) is 12.8 Å². The number of fused-ring (bicyclic) bond motifs is 1. The number of aromatic nitrogens is 2. The number of ether oxygens (including phenoxy) is 1. The first-order valence-corrected chi connectivity index (χ1v) is 6.35. The molecule has 2 aromatic heterocycles. The van der Waals surface area contributed by atoms with Gasteiger partial charge in [0.2, 0.25) is 5.88 Å². The van der Waals surface area contributed by atoms with Crippen molar-refractivity contribution in [2.45, 2.75) is 6.04 Å². The number of nitrogens with zero attached hydrogens (tertiary/aromatic N) is 2. The number of rotatable bonds is 3. The van der Waals surface area contributed by atoms with Gasteiger partial charge in [-0.15, -0.1) is 0 Å². The lowest BCUT2D eigenvalue weighted by Gasteiger charge is -2.08. The van der Waals surface area contributed by atoms with Gasteiger partial charge >= 0.3 is 0 Å². The van der Waals surface area contributed by atoms with E-state index < -0.39 is 6.04 Å². The van der Waals surface area contributed by atoms with Gasteiger partial charge in [-0.3, -0.25) is 0 Å². The number of methoxy groups -OCH3 is 1. The van der Waals surface area contributed by atoms with Crippen LogP contribution in [0.4, 0.5) is 0 Å². The molecule has 3 rings (SSSR count). The molecule has 1 aromatic carbocycles. The lowest BCUT2D eigenvalue weighted by atomic mass is 10.1. The first-order chi connectivity index (χ1) is 9.67. The highest BCUT2D eigenvalue weighted by atomic mass is 35.5. The fraction of sp³-hybridized carbons (Fsp3) is 0.143. The molecule has 0 spiro atoms. The molecule has 1 unspecified atom stereocenters. The molecule has 0 aliphatic carbocycles. The van der Waals surface area contributed by atoms with Crippen LogP contribution in [-0.4, -0.2) is 17.1 Å². The van der Waals surface area contributed by atoms with Crippen LogP contribution in [-0.2, 0) is 0 Å². The number of hydrogen-bond donors (Lipinski definition) is 1. The molecule has 6 heteroatoms. The molecule has 0 aliphatic rings. The molecule has 20 heavy (non-hydrogen) atoms. The van der Waals surface area contributed by atoms with E-state index in [4.69, 9.17) is 26.5 Å². The zero-order valence-electron chi connectivity index (χ0n) is 10.7. The molecule has 0 radical (unpaired) electrons. The Bertz CT molecular complexity index is 757. The van der Waals surface area contributed by atoms with Crippen molar-refractivity contribution in [1.29, 1.82) is 0 Å². The van der Waals surface area contributed by atoms with Gasteiger partial charge in [-0.2, -0.15) is 0 Å². The molecule has 2 N–H and O–H groups in total. The van der Waals surface area contributed by atoms with Crippen molar-refractivity contribution < 1.29 is 9.15 Å². The van der Waals surface area contributed by atoms with E-state index in [0.717, 1.165) is 11.0 Å². The number of hydrogen-bond acceptors (Lipinski definition) is 5. The van der Waals surface area contributed by atoms with E-state index in [2.05, 4.69) is 9.97 Å². The molecule has 0 saturated carbocycles. The van der Waals surface area contributed by atoms with Crippen LogP contribution >= 0.6 is 11.6 Å². The van der Waals surface area contributed by atoms with Crippen molar-refractivity contribution in [1.82, 2.24) is 9.97 Å². The standard InChI is InChI=1S/C14H12ClN3O2/c1-19-13-6-10(17-7-18-13)14(16)12-5-8-4-9(15)2-3-11(8)20-12/h2-7,14H,16H2,1H3. The van der Waals surface area contributed by atoms with Crippen LogP contribution in [0.2, 0.25) is 5.02 Å². The fourth-order valence-electron chi connectivity index (χ4n) is 1.97. The summed E-state index contributed by atoms with van der Waals surface area (Å²) < 4.78 is 10.8. The van der Waals surface area contributed by atoms with Gasteiger partial charge in [0, 0.05) is 16.5 Å². The van der Waals surface area contributed by atoms with E-state index in [1.165, 1.54) is 6.33 Å². The summed E-state index contributed by atoms with van der Waals surface area (Å²) in [7, 11) is 1.54. The largest absolute Gasteiger partial charge is 0.481 e. The van der Waals surface area contributed by atoms with Crippen molar-refractivity contribution in [2.24, 2.45) is 5.73 Å². The highest BCUT2D eigenvalue weighted by molar-refractivity contribution is 6.31. The van der Waals surface area contributed by atoms with Gasteiger partial charge < -0.3 is 14.9 Å². The quantitative estimate of drug-likeness (QED) is 0.802. The number of furan rings is 1. The summed E-state index contributed by atoms with van der Waals surface area (Å²) in [5, 5.41) is 1.56. The highest BCUT2D eigenvalue weighted by Gasteiger charge is 2.16. The van der Waals surface area contributed by atoms with Gasteiger partial charge in [0.15, 0.2) is 0 Å². The summed E-state index contributed by atoms with van der Waals surface area (Å²) in [6.45, 7) is 0. The molecule has 3 aromatic rings. The average molecular weight is 290 g/mol. The minimum Gasteiger partial charge on any atom is -0.481 e. The molecule has 102 valence electrons. The van der Waals surface area contributed by atoms with Gasteiger partial charge in [-0.25, -0.2) is 9.97 Å². The fourth-order valence-corrected chi connectivity index (χ4v) is 2.15. The second-order valence-corrected chi connectivity index (χ2v) is 4.73. The topological polar surface area (TPSA) is 74.2 Å². The summed E-state index contributed by atoms with van der Waals surface area (Å²) >= 11 is 5.95. The molecule has 0 fully saturated rings. The molecule has 5 nitrogen and oxygen atoms in total. The third kappa shape index (κ3) is 2.33. The Labute approximate surface area is 120 Å². The van der Waals surface area contributed by atoms with Crippen LogP contribution in [0.25, 0.3) is 11.0 Å². The molecule has 0 bridgehead atoms. The van der Waals surface area contributed by atoms with E-state index in [1.54, 1.807) is 19.2 Å². The summed E-state index contributed by atoms with van der Waals surface area (Å²) in [6, 6.07) is 8.48. The monoisotopic (exact) mass is 289 g/mol. The first-order valence-electron chi connectivity index (χ1n) is 5.98. The van der Waals surface area contributed by atoms with Gasteiger partial charge in [-0.05, 0) is 24.3 Å². The second-order valence-electron chi connectivity index (χ2n) is 4.29. The SMILES string of the molecule is COc1cc(C(N)c2cc3cc(Cl)ccc3o2)ncn1. The third-order valence-corrected chi connectivity index (χ3v) is 3.23. The first kappa shape index (κ1) is 12.9. The lowest BCUT2D eigenvalue weighted by Crippen LogP contribution is -2.13. The summed E-state index contributed by atoms with van der Waals surface area (Å²) in [5.74, 6) is 1.08. The summed E-state index contributed by atoms with van der Waals surface area (Å²) in [6.07, 6.45) is 1.41. The Balaban J connectivity index is 2.00. The van der Waals surface area contributed by atoms with Crippen LogP contribution in [0.5, 0.6) is 5.88 Å². The Morgan fingerprint density at radius 1 is 1.25 bits per heavy atom. The predicted molar refractivity (Wildman–Crippen MR) is 75.8 cm³/mol. The van der Waals surface area contributed by atoms with Crippen molar-refractivity contribution in [3.63, 3.8) is 0 Å². The Kier molecular flexibility index (Phi) is 3.30. The smallest absolute Gasteiger partial charge is 0.216 e. The molecule has 0 amide bonds. The maximum absolute atomic E-state index is 6.17. The van der Waals surface area contributed by atoms with E-state index >= 15 is 0 Å². The normalized spacial score (nSPS) is 12.6. The average Bonchev–Trinajstić information content (AvgIpc) is 2.89. The molecule has 1 atom stereocenters. The van der Waals surface area contributed by atoms with Crippen LogP contribution in [0.1, 0.15) is 17.5 Å². The highest BCUT2D eigenvalue weighted by Crippen LogP contribution is 2.28. The number of benzene rings is 1.